The number of carbonyl (C=O) groups is 2. The number of aryl methyl sites for hydroxylation is 1. The van der Waals surface area contributed by atoms with E-state index in [2.05, 4.69) is 10.0 Å². The molecule has 9 heteroatoms. The van der Waals surface area contributed by atoms with Gasteiger partial charge in [0, 0.05) is 11.3 Å². The molecule has 2 rings (SSSR count). The van der Waals surface area contributed by atoms with Gasteiger partial charge >= 0.3 is 0 Å². The van der Waals surface area contributed by atoms with Crippen LogP contribution in [-0.2, 0) is 11.3 Å². The zero-order valence-corrected chi connectivity index (χ0v) is 13.1. The summed E-state index contributed by atoms with van der Waals surface area (Å²) in [7, 11) is 0. The van der Waals surface area contributed by atoms with Crippen molar-refractivity contribution in [3.63, 3.8) is 0 Å². The normalized spacial score (nSPS) is 11.7. The van der Waals surface area contributed by atoms with Crippen LogP contribution >= 0.6 is 11.3 Å². The first-order valence-electron chi connectivity index (χ1n) is 6.05. The van der Waals surface area contributed by atoms with Gasteiger partial charge in [-0.05, 0) is 42.1 Å². The zero-order valence-electron chi connectivity index (χ0n) is 11.5. The van der Waals surface area contributed by atoms with Crippen molar-refractivity contribution in [3.05, 3.63) is 46.3 Å². The second-order valence-electron chi connectivity index (χ2n) is 4.37. The van der Waals surface area contributed by atoms with E-state index in [1.807, 2.05) is 0 Å². The van der Waals surface area contributed by atoms with Gasteiger partial charge in [-0.1, -0.05) is 0 Å². The molecule has 1 atom stereocenters. The van der Waals surface area contributed by atoms with E-state index >= 15 is 0 Å². The van der Waals surface area contributed by atoms with E-state index < -0.39 is 23.1 Å². The Hall–Kier alpha value is -2.23. The molecule has 0 radical (unpaired) electrons. The van der Waals surface area contributed by atoms with E-state index in [4.69, 9.17) is 10.3 Å². The van der Waals surface area contributed by atoms with Crippen molar-refractivity contribution in [1.29, 1.82) is 0 Å². The summed E-state index contributed by atoms with van der Waals surface area (Å²) in [5, 5.41) is 4.77. The highest BCUT2D eigenvalue weighted by atomic mass is 32.2. The Bertz CT molecular complexity index is 740. The average molecular weight is 339 g/mol. The molecule has 7 nitrogen and oxygen atoms in total. The van der Waals surface area contributed by atoms with Gasteiger partial charge < -0.3 is 11.1 Å². The van der Waals surface area contributed by atoms with Gasteiger partial charge in [-0.3, -0.25) is 18.9 Å². The Labute approximate surface area is 132 Å². The SMILES string of the molecule is Cc1csc(NC(=O)c2ccc(NS(=O)O)cc2)c1C(N)=O. The summed E-state index contributed by atoms with van der Waals surface area (Å²) in [6, 6.07) is 5.99. The van der Waals surface area contributed by atoms with Crippen LogP contribution in [0, 0.1) is 6.92 Å². The molecular formula is C13H13N3O4S2. The van der Waals surface area contributed by atoms with E-state index in [0.717, 1.165) is 0 Å². The molecule has 1 heterocycles. The number of carbonyl (C=O) groups excluding carboxylic acids is 2. The number of nitrogens with one attached hydrogen (secondary N) is 2. The van der Waals surface area contributed by atoms with E-state index in [1.165, 1.54) is 35.6 Å². The van der Waals surface area contributed by atoms with Gasteiger partial charge in [0.15, 0.2) is 0 Å². The third-order valence-corrected chi connectivity index (χ3v) is 4.22. The lowest BCUT2D eigenvalue weighted by Gasteiger charge is -2.06. The first-order valence-corrected chi connectivity index (χ1v) is 8.04. The Morgan fingerprint density at radius 1 is 1.27 bits per heavy atom. The Morgan fingerprint density at radius 2 is 1.91 bits per heavy atom. The highest BCUT2D eigenvalue weighted by Gasteiger charge is 2.16. The van der Waals surface area contributed by atoms with E-state index in [0.29, 0.717) is 27.4 Å². The van der Waals surface area contributed by atoms with Crippen molar-refractivity contribution in [2.75, 3.05) is 10.0 Å². The van der Waals surface area contributed by atoms with Crippen LogP contribution in [0.4, 0.5) is 10.7 Å². The maximum absolute atomic E-state index is 12.1. The number of anilines is 2. The van der Waals surface area contributed by atoms with Crippen LogP contribution in [-0.4, -0.2) is 20.6 Å². The molecule has 0 spiro atoms. The molecule has 5 N–H and O–H groups in total. The standard InChI is InChI=1S/C13H13N3O4S2/c1-7-6-21-13(10(7)11(14)17)15-12(18)8-2-4-9(5-3-8)16-22(19)20/h2-6,16H,1H3,(H2,14,17)(H,15,18)(H,19,20). The second kappa shape index (κ2) is 6.69. The Balaban J connectivity index is 2.16. The summed E-state index contributed by atoms with van der Waals surface area (Å²) in [5.74, 6) is -1.000. The highest BCUT2D eigenvalue weighted by molar-refractivity contribution is 7.80. The quantitative estimate of drug-likeness (QED) is 0.622. The molecule has 0 aliphatic rings. The molecule has 0 saturated carbocycles. The molecule has 1 unspecified atom stereocenters. The van der Waals surface area contributed by atoms with Gasteiger partial charge in [-0.2, -0.15) is 0 Å². The number of primary amides is 1. The van der Waals surface area contributed by atoms with E-state index in [-0.39, 0.29) is 0 Å². The monoisotopic (exact) mass is 339 g/mol. The van der Waals surface area contributed by atoms with Crippen molar-refractivity contribution in [3.8, 4) is 0 Å². The van der Waals surface area contributed by atoms with Crippen LogP contribution in [0.1, 0.15) is 26.3 Å². The van der Waals surface area contributed by atoms with Crippen LogP contribution in [0.5, 0.6) is 0 Å². The molecule has 116 valence electrons. The predicted octanol–water partition coefficient (Wildman–Crippen LogP) is 1.96. The minimum absolute atomic E-state index is 0.298. The molecule has 2 amide bonds. The summed E-state index contributed by atoms with van der Waals surface area (Å²) < 4.78 is 21.6. The zero-order chi connectivity index (χ0) is 16.3. The number of amides is 2. The fourth-order valence-corrected chi connectivity index (χ4v) is 3.09. The number of rotatable bonds is 5. The van der Waals surface area contributed by atoms with Gasteiger partial charge in [0.1, 0.15) is 5.00 Å². The van der Waals surface area contributed by atoms with Gasteiger partial charge in [0.2, 0.25) is 0 Å². The lowest BCUT2D eigenvalue weighted by molar-refractivity contribution is 0.100. The lowest BCUT2D eigenvalue weighted by Crippen LogP contribution is -2.17. The molecule has 0 bridgehead atoms. The van der Waals surface area contributed by atoms with Crippen LogP contribution in [0.2, 0.25) is 0 Å². The summed E-state index contributed by atoms with van der Waals surface area (Å²) in [4.78, 5) is 23.5. The molecular weight excluding hydrogens is 326 g/mol. The molecule has 0 saturated heterocycles. The fourth-order valence-electron chi connectivity index (χ4n) is 1.81. The minimum atomic E-state index is -2.17. The van der Waals surface area contributed by atoms with Crippen molar-refractivity contribution in [2.24, 2.45) is 5.73 Å². The second-order valence-corrected chi connectivity index (χ2v) is 5.95. The van der Waals surface area contributed by atoms with Crippen LogP contribution in [0.25, 0.3) is 0 Å². The number of thiophene rings is 1. The maximum atomic E-state index is 12.1. The molecule has 0 fully saturated rings. The molecule has 0 aliphatic carbocycles. The summed E-state index contributed by atoms with van der Waals surface area (Å²) >= 11 is -0.951. The van der Waals surface area contributed by atoms with Crippen molar-refractivity contribution in [1.82, 2.24) is 0 Å². The topological polar surface area (TPSA) is 122 Å². The number of hydrogen-bond acceptors (Lipinski definition) is 4. The van der Waals surface area contributed by atoms with Gasteiger partial charge in [0.25, 0.3) is 23.1 Å². The first kappa shape index (κ1) is 16.1. The van der Waals surface area contributed by atoms with E-state index in [1.54, 1.807) is 12.3 Å². The average Bonchev–Trinajstić information content (AvgIpc) is 2.79. The smallest absolute Gasteiger partial charge is 0.259 e. The molecule has 1 aromatic heterocycles. The van der Waals surface area contributed by atoms with Crippen molar-refractivity contribution < 1.29 is 18.4 Å². The molecule has 22 heavy (non-hydrogen) atoms. The lowest BCUT2D eigenvalue weighted by atomic mass is 10.1. The first-order chi connectivity index (χ1) is 10.4. The summed E-state index contributed by atoms with van der Waals surface area (Å²) in [6.07, 6.45) is 0. The van der Waals surface area contributed by atoms with Crippen molar-refractivity contribution >= 4 is 45.1 Å². The third-order valence-electron chi connectivity index (χ3n) is 2.80. The molecule has 1 aromatic carbocycles. The van der Waals surface area contributed by atoms with Gasteiger partial charge in [0.05, 0.1) is 5.56 Å². The third kappa shape index (κ3) is 3.70. The number of benzene rings is 1. The predicted molar refractivity (Wildman–Crippen MR) is 86.4 cm³/mol. The van der Waals surface area contributed by atoms with Crippen LogP contribution in [0.15, 0.2) is 29.6 Å². The fraction of sp³-hybridized carbons (Fsp3) is 0.0769. The van der Waals surface area contributed by atoms with Crippen molar-refractivity contribution in [2.45, 2.75) is 6.92 Å². The summed E-state index contributed by atoms with van der Waals surface area (Å²) in [6.45, 7) is 1.74. The summed E-state index contributed by atoms with van der Waals surface area (Å²) in [5.41, 5.74) is 7.05. The van der Waals surface area contributed by atoms with Gasteiger partial charge in [-0.15, -0.1) is 11.3 Å². The van der Waals surface area contributed by atoms with E-state index in [9.17, 15) is 13.8 Å². The molecule has 2 aromatic rings. The number of hydrogen-bond donors (Lipinski definition) is 4. The van der Waals surface area contributed by atoms with Gasteiger partial charge in [-0.25, -0.2) is 4.21 Å². The molecule has 0 aliphatic heterocycles. The highest BCUT2D eigenvalue weighted by Crippen LogP contribution is 2.27. The van der Waals surface area contributed by atoms with Crippen LogP contribution in [0.3, 0.4) is 0 Å². The minimum Gasteiger partial charge on any atom is -0.365 e. The number of nitrogens with two attached hydrogens (primary N) is 1. The Kier molecular flexibility index (Phi) is 4.91. The van der Waals surface area contributed by atoms with Crippen LogP contribution < -0.4 is 15.8 Å². The Morgan fingerprint density at radius 3 is 2.45 bits per heavy atom. The maximum Gasteiger partial charge on any atom is 0.259 e. The largest absolute Gasteiger partial charge is 0.365 e.